The molecule has 0 atom stereocenters. The molecular formula is C26H28N8OS. The summed E-state index contributed by atoms with van der Waals surface area (Å²) in [5.41, 5.74) is 4.83. The van der Waals surface area contributed by atoms with Gasteiger partial charge in [0, 0.05) is 57.0 Å². The van der Waals surface area contributed by atoms with E-state index in [1.807, 2.05) is 55.4 Å². The number of aryl methyl sites for hydroxylation is 1. The highest BCUT2D eigenvalue weighted by molar-refractivity contribution is 7.19. The molecule has 36 heavy (non-hydrogen) atoms. The van der Waals surface area contributed by atoms with Crippen molar-refractivity contribution in [1.82, 2.24) is 24.8 Å². The van der Waals surface area contributed by atoms with Gasteiger partial charge in [0.2, 0.25) is 5.95 Å². The number of aromatic nitrogens is 4. The second kappa shape index (κ2) is 10.8. The van der Waals surface area contributed by atoms with Crippen LogP contribution in [0.4, 0.5) is 28.1 Å². The number of rotatable bonds is 8. The van der Waals surface area contributed by atoms with Gasteiger partial charge in [0.25, 0.3) is 0 Å². The maximum absolute atomic E-state index is 10.7. The summed E-state index contributed by atoms with van der Waals surface area (Å²) in [6.45, 7) is 6.14. The van der Waals surface area contributed by atoms with Crippen LogP contribution in [0.5, 0.6) is 0 Å². The van der Waals surface area contributed by atoms with E-state index in [1.165, 1.54) is 5.69 Å². The Morgan fingerprint density at radius 2 is 1.86 bits per heavy atom. The third kappa shape index (κ3) is 5.34. The van der Waals surface area contributed by atoms with Gasteiger partial charge in [0.1, 0.15) is 6.29 Å². The SMILES string of the molecule is Cc1nc(N(C)c2cccnc2)sc1-c1ccnc(Nc2ccc(N3CCN(CC=O)CC3)cc2)n1. The molecule has 0 saturated carbocycles. The summed E-state index contributed by atoms with van der Waals surface area (Å²) < 4.78 is 0. The molecule has 184 valence electrons. The first-order chi connectivity index (χ1) is 17.6. The van der Waals surface area contributed by atoms with Gasteiger partial charge in [-0.15, -0.1) is 0 Å². The lowest BCUT2D eigenvalue weighted by Crippen LogP contribution is -2.46. The molecule has 0 unspecified atom stereocenters. The fraction of sp³-hybridized carbons (Fsp3) is 0.269. The van der Waals surface area contributed by atoms with Crippen LogP contribution < -0.4 is 15.1 Å². The van der Waals surface area contributed by atoms with Gasteiger partial charge in [-0.3, -0.25) is 9.88 Å². The van der Waals surface area contributed by atoms with Crippen molar-refractivity contribution in [2.45, 2.75) is 6.92 Å². The standard InChI is InChI=1S/C26H28N8OS/c1-19-24(36-26(29-19)32(2)22-4-3-10-27-18-22)23-9-11-28-25(31-23)30-20-5-7-21(8-6-20)34-14-12-33(13-15-34)16-17-35/h3-11,17-18H,12-16H2,1-2H3,(H,28,30,31). The number of aldehydes is 1. The average Bonchev–Trinajstić information content (AvgIpc) is 3.31. The molecule has 4 heterocycles. The Morgan fingerprint density at radius 1 is 1.06 bits per heavy atom. The summed E-state index contributed by atoms with van der Waals surface area (Å²) in [4.78, 5) is 36.4. The molecule has 5 rings (SSSR count). The van der Waals surface area contributed by atoms with Crippen LogP contribution >= 0.6 is 11.3 Å². The minimum Gasteiger partial charge on any atom is -0.369 e. The highest BCUT2D eigenvalue weighted by Gasteiger charge is 2.17. The number of carbonyl (C=O) groups is 1. The smallest absolute Gasteiger partial charge is 0.227 e. The topological polar surface area (TPSA) is 90.4 Å². The van der Waals surface area contributed by atoms with E-state index in [-0.39, 0.29) is 0 Å². The predicted octanol–water partition coefficient (Wildman–Crippen LogP) is 4.14. The Labute approximate surface area is 214 Å². The first-order valence-electron chi connectivity index (χ1n) is 11.8. The van der Waals surface area contributed by atoms with E-state index in [9.17, 15) is 4.79 Å². The van der Waals surface area contributed by atoms with Crippen LogP contribution in [-0.4, -0.2) is 70.9 Å². The third-order valence-electron chi connectivity index (χ3n) is 6.19. The van der Waals surface area contributed by atoms with Crippen molar-refractivity contribution in [2.75, 3.05) is 54.9 Å². The van der Waals surface area contributed by atoms with Crippen LogP contribution in [-0.2, 0) is 4.79 Å². The summed E-state index contributed by atoms with van der Waals surface area (Å²) in [7, 11) is 1.99. The number of nitrogens with zero attached hydrogens (tertiary/aromatic N) is 7. The zero-order valence-electron chi connectivity index (χ0n) is 20.3. The minimum absolute atomic E-state index is 0.513. The van der Waals surface area contributed by atoms with E-state index in [4.69, 9.17) is 9.97 Å². The maximum atomic E-state index is 10.7. The summed E-state index contributed by atoms with van der Waals surface area (Å²) in [5, 5.41) is 4.20. The van der Waals surface area contributed by atoms with Crippen molar-refractivity contribution in [3.63, 3.8) is 0 Å². The molecule has 0 radical (unpaired) electrons. The number of thiazole rings is 1. The second-order valence-corrected chi connectivity index (χ2v) is 9.55. The van der Waals surface area contributed by atoms with Gasteiger partial charge in [-0.25, -0.2) is 15.0 Å². The largest absolute Gasteiger partial charge is 0.369 e. The van der Waals surface area contributed by atoms with Gasteiger partial charge in [-0.1, -0.05) is 11.3 Å². The molecule has 1 aromatic carbocycles. The molecular weight excluding hydrogens is 472 g/mol. The highest BCUT2D eigenvalue weighted by Crippen LogP contribution is 2.36. The van der Waals surface area contributed by atoms with E-state index >= 15 is 0 Å². The molecule has 4 aromatic rings. The summed E-state index contributed by atoms with van der Waals surface area (Å²) in [5.74, 6) is 0.540. The van der Waals surface area contributed by atoms with Crippen LogP contribution in [0.25, 0.3) is 10.6 Å². The van der Waals surface area contributed by atoms with Gasteiger partial charge in [0.15, 0.2) is 5.13 Å². The van der Waals surface area contributed by atoms with Crippen LogP contribution in [0.1, 0.15) is 5.69 Å². The molecule has 9 nitrogen and oxygen atoms in total. The Kier molecular flexibility index (Phi) is 7.15. The van der Waals surface area contributed by atoms with Crippen molar-refractivity contribution < 1.29 is 4.79 Å². The normalized spacial score (nSPS) is 14.0. The van der Waals surface area contributed by atoms with Crippen LogP contribution in [0.2, 0.25) is 0 Å². The van der Waals surface area contributed by atoms with Crippen molar-refractivity contribution in [1.29, 1.82) is 0 Å². The Bertz CT molecular complexity index is 1300. The van der Waals surface area contributed by atoms with E-state index in [1.54, 1.807) is 23.7 Å². The number of benzene rings is 1. The molecule has 1 saturated heterocycles. The van der Waals surface area contributed by atoms with Crippen molar-refractivity contribution in [3.8, 4) is 10.6 Å². The average molecular weight is 501 g/mol. The summed E-state index contributed by atoms with van der Waals surface area (Å²) in [6, 6.07) is 14.1. The number of nitrogens with one attached hydrogen (secondary N) is 1. The number of hydrogen-bond donors (Lipinski definition) is 1. The number of piperazine rings is 1. The third-order valence-corrected chi connectivity index (χ3v) is 7.44. The summed E-state index contributed by atoms with van der Waals surface area (Å²) >= 11 is 1.59. The van der Waals surface area contributed by atoms with Gasteiger partial charge < -0.3 is 19.9 Å². The van der Waals surface area contributed by atoms with Crippen LogP contribution in [0.15, 0.2) is 61.1 Å². The molecule has 1 fully saturated rings. The zero-order valence-corrected chi connectivity index (χ0v) is 21.1. The lowest BCUT2D eigenvalue weighted by atomic mass is 10.2. The van der Waals surface area contributed by atoms with E-state index in [0.717, 1.165) is 65.2 Å². The number of carbonyl (C=O) groups excluding carboxylic acids is 1. The molecule has 0 bridgehead atoms. The lowest BCUT2D eigenvalue weighted by molar-refractivity contribution is -0.108. The second-order valence-electron chi connectivity index (χ2n) is 8.57. The number of hydrogen-bond acceptors (Lipinski definition) is 10. The van der Waals surface area contributed by atoms with E-state index in [0.29, 0.717) is 12.5 Å². The molecule has 3 aromatic heterocycles. The Hall–Kier alpha value is -3.89. The maximum Gasteiger partial charge on any atom is 0.227 e. The van der Waals surface area contributed by atoms with Crippen molar-refractivity contribution in [2.24, 2.45) is 0 Å². The molecule has 1 aliphatic heterocycles. The molecule has 10 heteroatoms. The Morgan fingerprint density at radius 3 is 2.58 bits per heavy atom. The first-order valence-corrected chi connectivity index (χ1v) is 12.6. The molecule has 0 aliphatic carbocycles. The molecule has 0 spiro atoms. The van der Waals surface area contributed by atoms with Crippen molar-refractivity contribution in [3.05, 3.63) is 66.7 Å². The van der Waals surface area contributed by atoms with Gasteiger partial charge in [0.05, 0.1) is 34.7 Å². The lowest BCUT2D eigenvalue weighted by Gasteiger charge is -2.35. The minimum atomic E-state index is 0.513. The number of pyridine rings is 1. The fourth-order valence-electron chi connectivity index (χ4n) is 4.15. The fourth-order valence-corrected chi connectivity index (χ4v) is 5.17. The first kappa shape index (κ1) is 23.8. The monoisotopic (exact) mass is 500 g/mol. The zero-order chi connectivity index (χ0) is 24.9. The quantitative estimate of drug-likeness (QED) is 0.359. The van der Waals surface area contributed by atoms with E-state index < -0.39 is 0 Å². The molecule has 1 N–H and O–H groups in total. The predicted molar refractivity (Wildman–Crippen MR) is 145 cm³/mol. The Balaban J connectivity index is 1.27. The van der Waals surface area contributed by atoms with Gasteiger partial charge in [-0.05, 0) is 49.4 Å². The number of anilines is 5. The van der Waals surface area contributed by atoms with Gasteiger partial charge in [-0.2, -0.15) is 0 Å². The van der Waals surface area contributed by atoms with Crippen LogP contribution in [0.3, 0.4) is 0 Å². The van der Waals surface area contributed by atoms with E-state index in [2.05, 4.69) is 37.2 Å². The summed E-state index contributed by atoms with van der Waals surface area (Å²) in [6.07, 6.45) is 6.32. The molecule has 0 amide bonds. The highest BCUT2D eigenvalue weighted by atomic mass is 32.1. The van der Waals surface area contributed by atoms with Gasteiger partial charge >= 0.3 is 0 Å². The van der Waals surface area contributed by atoms with Crippen molar-refractivity contribution >= 4 is 45.8 Å². The van der Waals surface area contributed by atoms with Crippen LogP contribution in [0, 0.1) is 6.92 Å². The molecule has 1 aliphatic rings.